The predicted octanol–water partition coefficient (Wildman–Crippen LogP) is 2.72. The van der Waals surface area contributed by atoms with Crippen LogP contribution < -0.4 is 0 Å². The Morgan fingerprint density at radius 2 is 2.10 bits per heavy atom. The number of rotatable bonds is 2. The van der Waals surface area contributed by atoms with Crippen LogP contribution in [-0.4, -0.2) is 33.7 Å². The fourth-order valence-corrected chi connectivity index (χ4v) is 2.78. The zero-order chi connectivity index (χ0) is 14.2. The minimum Gasteiger partial charge on any atom is -0.390 e. The molecule has 1 aromatic heterocycles. The molecule has 2 aromatic rings. The summed E-state index contributed by atoms with van der Waals surface area (Å²) in [6, 6.07) is 6.80. The average molecular weight is 274 g/mol. The first kappa shape index (κ1) is 13.5. The zero-order valence-electron chi connectivity index (χ0n) is 11.6. The maximum absolute atomic E-state index is 13.7. The van der Waals surface area contributed by atoms with Crippen molar-refractivity contribution < 1.29 is 9.50 Å². The Hall–Kier alpha value is -1.52. The summed E-state index contributed by atoms with van der Waals surface area (Å²) in [5, 5.41) is 10.8. The molecule has 3 nitrogen and oxygen atoms in total. The molecule has 1 aliphatic heterocycles. The smallest absolute Gasteiger partial charge is 0.124 e. The summed E-state index contributed by atoms with van der Waals surface area (Å²) in [6.07, 6.45) is 3.26. The Bertz CT molecular complexity index is 617. The number of pyridine rings is 1. The van der Waals surface area contributed by atoms with Crippen molar-refractivity contribution in [2.75, 3.05) is 13.1 Å². The van der Waals surface area contributed by atoms with Gasteiger partial charge in [0.25, 0.3) is 0 Å². The van der Waals surface area contributed by atoms with Crippen LogP contribution in [0.15, 0.2) is 30.5 Å². The van der Waals surface area contributed by atoms with Crippen molar-refractivity contribution in [3.63, 3.8) is 0 Å². The van der Waals surface area contributed by atoms with Gasteiger partial charge in [-0.05, 0) is 43.5 Å². The fourth-order valence-electron chi connectivity index (χ4n) is 2.78. The molecule has 4 heteroatoms. The lowest BCUT2D eigenvalue weighted by molar-refractivity contribution is -0.00723. The van der Waals surface area contributed by atoms with E-state index in [0.717, 1.165) is 42.4 Å². The van der Waals surface area contributed by atoms with Gasteiger partial charge in [-0.25, -0.2) is 4.39 Å². The van der Waals surface area contributed by atoms with Gasteiger partial charge in [0.15, 0.2) is 0 Å². The molecule has 2 heterocycles. The van der Waals surface area contributed by atoms with Gasteiger partial charge in [0.05, 0.1) is 11.1 Å². The molecule has 0 saturated carbocycles. The number of piperidine rings is 1. The van der Waals surface area contributed by atoms with Gasteiger partial charge in [-0.3, -0.25) is 9.88 Å². The molecule has 3 rings (SSSR count). The SMILES string of the molecule is CC1(O)CCN(Cc2cc(F)cc3cccnc23)CC1. The number of fused-ring (bicyclic) bond motifs is 1. The Balaban J connectivity index is 1.84. The van der Waals surface area contributed by atoms with E-state index in [1.807, 2.05) is 19.1 Å². The van der Waals surface area contributed by atoms with Crippen molar-refractivity contribution in [1.29, 1.82) is 0 Å². The number of aliphatic hydroxyl groups is 1. The van der Waals surface area contributed by atoms with Gasteiger partial charge in [-0.2, -0.15) is 0 Å². The van der Waals surface area contributed by atoms with Crippen LogP contribution >= 0.6 is 0 Å². The first-order valence-electron chi connectivity index (χ1n) is 7.01. The molecule has 1 fully saturated rings. The molecule has 0 atom stereocenters. The lowest BCUT2D eigenvalue weighted by Crippen LogP contribution is -2.42. The minimum atomic E-state index is -0.557. The molecule has 1 saturated heterocycles. The van der Waals surface area contributed by atoms with Crippen molar-refractivity contribution >= 4 is 10.9 Å². The second kappa shape index (κ2) is 5.11. The number of benzene rings is 1. The second-order valence-corrected chi connectivity index (χ2v) is 5.91. The second-order valence-electron chi connectivity index (χ2n) is 5.91. The Morgan fingerprint density at radius 3 is 2.85 bits per heavy atom. The molecule has 0 amide bonds. The molecule has 0 unspecified atom stereocenters. The van der Waals surface area contributed by atoms with Gasteiger partial charge in [0, 0.05) is 31.2 Å². The summed E-state index contributed by atoms with van der Waals surface area (Å²) in [4.78, 5) is 6.62. The molecular weight excluding hydrogens is 255 g/mol. The molecule has 20 heavy (non-hydrogen) atoms. The Morgan fingerprint density at radius 1 is 1.35 bits per heavy atom. The highest BCUT2D eigenvalue weighted by Gasteiger charge is 2.27. The molecule has 1 aliphatic rings. The van der Waals surface area contributed by atoms with Crippen LogP contribution in [0.25, 0.3) is 10.9 Å². The van der Waals surface area contributed by atoms with Crippen LogP contribution in [0.3, 0.4) is 0 Å². The van der Waals surface area contributed by atoms with Gasteiger partial charge in [0.1, 0.15) is 5.82 Å². The average Bonchev–Trinajstić information content (AvgIpc) is 2.41. The van der Waals surface area contributed by atoms with Crippen molar-refractivity contribution in [2.24, 2.45) is 0 Å². The van der Waals surface area contributed by atoms with Crippen LogP contribution in [0.2, 0.25) is 0 Å². The van der Waals surface area contributed by atoms with E-state index in [9.17, 15) is 9.50 Å². The quantitative estimate of drug-likeness (QED) is 0.914. The van der Waals surface area contributed by atoms with E-state index in [4.69, 9.17) is 0 Å². The number of aromatic nitrogens is 1. The summed E-state index contributed by atoms with van der Waals surface area (Å²) in [5.74, 6) is -0.218. The monoisotopic (exact) mass is 274 g/mol. The molecule has 1 aromatic carbocycles. The lowest BCUT2D eigenvalue weighted by Gasteiger charge is -2.35. The summed E-state index contributed by atoms with van der Waals surface area (Å²) in [7, 11) is 0. The summed E-state index contributed by atoms with van der Waals surface area (Å²) >= 11 is 0. The molecule has 0 aliphatic carbocycles. The minimum absolute atomic E-state index is 0.218. The van der Waals surface area contributed by atoms with Crippen molar-refractivity contribution in [3.05, 3.63) is 41.8 Å². The first-order valence-corrected chi connectivity index (χ1v) is 7.01. The van der Waals surface area contributed by atoms with E-state index in [1.165, 1.54) is 6.07 Å². The van der Waals surface area contributed by atoms with E-state index >= 15 is 0 Å². The number of hydrogen-bond acceptors (Lipinski definition) is 3. The van der Waals surface area contributed by atoms with Gasteiger partial charge in [-0.15, -0.1) is 0 Å². The highest BCUT2D eigenvalue weighted by molar-refractivity contribution is 5.81. The molecule has 0 bridgehead atoms. The van der Waals surface area contributed by atoms with E-state index in [1.54, 1.807) is 12.3 Å². The third-order valence-electron chi connectivity index (χ3n) is 4.08. The summed E-state index contributed by atoms with van der Waals surface area (Å²) in [5.41, 5.74) is 1.23. The van der Waals surface area contributed by atoms with Crippen LogP contribution in [0, 0.1) is 5.82 Å². The maximum atomic E-state index is 13.7. The van der Waals surface area contributed by atoms with Crippen LogP contribution in [0.1, 0.15) is 25.3 Å². The van der Waals surface area contributed by atoms with Crippen molar-refractivity contribution in [1.82, 2.24) is 9.88 Å². The first-order chi connectivity index (χ1) is 9.53. The van der Waals surface area contributed by atoms with E-state index in [-0.39, 0.29) is 5.82 Å². The molecule has 106 valence electrons. The third-order valence-corrected chi connectivity index (χ3v) is 4.08. The lowest BCUT2D eigenvalue weighted by atomic mass is 9.93. The Labute approximate surface area is 118 Å². The van der Waals surface area contributed by atoms with Crippen LogP contribution in [-0.2, 0) is 6.54 Å². The topological polar surface area (TPSA) is 36.4 Å². The predicted molar refractivity (Wildman–Crippen MR) is 76.8 cm³/mol. The molecular formula is C16H19FN2O. The zero-order valence-corrected chi connectivity index (χ0v) is 11.6. The van der Waals surface area contributed by atoms with Gasteiger partial charge < -0.3 is 5.11 Å². The Kier molecular flexibility index (Phi) is 3.44. The molecule has 0 spiro atoms. The van der Waals surface area contributed by atoms with E-state index in [2.05, 4.69) is 9.88 Å². The van der Waals surface area contributed by atoms with E-state index < -0.39 is 5.60 Å². The maximum Gasteiger partial charge on any atom is 0.124 e. The highest BCUT2D eigenvalue weighted by Crippen LogP contribution is 2.25. The number of likely N-dealkylation sites (tertiary alicyclic amines) is 1. The van der Waals surface area contributed by atoms with Crippen LogP contribution in [0.5, 0.6) is 0 Å². The van der Waals surface area contributed by atoms with Crippen molar-refractivity contribution in [2.45, 2.75) is 31.9 Å². The molecule has 0 radical (unpaired) electrons. The van der Waals surface area contributed by atoms with E-state index in [0.29, 0.717) is 6.54 Å². The third kappa shape index (κ3) is 2.81. The van der Waals surface area contributed by atoms with Crippen LogP contribution in [0.4, 0.5) is 4.39 Å². The van der Waals surface area contributed by atoms with Crippen molar-refractivity contribution in [3.8, 4) is 0 Å². The normalized spacial score (nSPS) is 19.4. The number of hydrogen-bond donors (Lipinski definition) is 1. The van der Waals surface area contributed by atoms with Gasteiger partial charge in [-0.1, -0.05) is 6.07 Å². The van der Waals surface area contributed by atoms with Gasteiger partial charge in [0.2, 0.25) is 0 Å². The largest absolute Gasteiger partial charge is 0.390 e. The number of nitrogens with zero attached hydrogens (tertiary/aromatic N) is 2. The number of halogens is 1. The highest BCUT2D eigenvalue weighted by atomic mass is 19.1. The standard InChI is InChI=1S/C16H19FN2O/c1-16(20)4-7-19(8-5-16)11-13-10-14(17)9-12-3-2-6-18-15(12)13/h2-3,6,9-10,20H,4-5,7-8,11H2,1H3. The summed E-state index contributed by atoms with van der Waals surface area (Å²) in [6.45, 7) is 4.22. The summed E-state index contributed by atoms with van der Waals surface area (Å²) < 4.78 is 13.7. The fraction of sp³-hybridized carbons (Fsp3) is 0.438. The van der Waals surface area contributed by atoms with Gasteiger partial charge >= 0.3 is 0 Å². The molecule has 1 N–H and O–H groups in total.